The van der Waals surface area contributed by atoms with Crippen molar-refractivity contribution >= 4 is 17.4 Å². The number of aliphatic hydroxyl groups excluding tert-OH is 1. The van der Waals surface area contributed by atoms with E-state index in [9.17, 15) is 19.1 Å². The molecule has 1 N–H and O–H groups in total. The third-order valence-corrected chi connectivity index (χ3v) is 4.73. The summed E-state index contributed by atoms with van der Waals surface area (Å²) in [4.78, 5) is 35.2. The van der Waals surface area contributed by atoms with Crippen LogP contribution in [0.1, 0.15) is 22.7 Å². The van der Waals surface area contributed by atoms with Gasteiger partial charge in [0.1, 0.15) is 11.6 Å². The number of ketones is 1. The minimum absolute atomic E-state index is 0.0569. The van der Waals surface area contributed by atoms with E-state index in [1.807, 2.05) is 0 Å². The van der Waals surface area contributed by atoms with Crippen molar-refractivity contribution in [3.8, 4) is 0 Å². The van der Waals surface area contributed by atoms with Gasteiger partial charge in [-0.2, -0.15) is 0 Å². The summed E-state index contributed by atoms with van der Waals surface area (Å²) in [5.41, 5.74) is 1.52. The molecule has 1 aromatic carbocycles. The molecule has 1 saturated heterocycles. The number of likely N-dealkylation sites (tertiary alicyclic amines) is 1. The number of carbonyl (C=O) groups excluding carboxylic acids is 2. The predicted molar refractivity (Wildman–Crippen MR) is 103 cm³/mol. The van der Waals surface area contributed by atoms with Crippen molar-refractivity contribution in [1.82, 2.24) is 14.9 Å². The molecule has 1 aliphatic heterocycles. The summed E-state index contributed by atoms with van der Waals surface area (Å²) in [6.45, 7) is 0.137. The highest BCUT2D eigenvalue weighted by atomic mass is 19.1. The second-order valence-corrected chi connectivity index (χ2v) is 6.58. The highest BCUT2D eigenvalue weighted by molar-refractivity contribution is 6.46. The molecule has 6 nitrogen and oxygen atoms in total. The van der Waals surface area contributed by atoms with E-state index >= 15 is 0 Å². The Bertz CT molecular complexity index is 1080. The SMILES string of the molecule is O=C1C(=O)N(Cc2cccnc2)[C@@H](c2cccnc2)C1=C(O)c1ccc(F)cc1. The largest absolute Gasteiger partial charge is 0.507 e. The van der Waals surface area contributed by atoms with E-state index in [0.717, 1.165) is 5.56 Å². The Balaban J connectivity index is 1.85. The molecular formula is C22H16FN3O3. The van der Waals surface area contributed by atoms with Crippen LogP contribution in [0.25, 0.3) is 5.76 Å². The van der Waals surface area contributed by atoms with Gasteiger partial charge in [-0.15, -0.1) is 0 Å². The van der Waals surface area contributed by atoms with E-state index in [1.165, 1.54) is 29.2 Å². The molecule has 0 bridgehead atoms. The topological polar surface area (TPSA) is 83.4 Å². The number of amides is 1. The van der Waals surface area contributed by atoms with Crippen molar-refractivity contribution in [3.05, 3.63) is 101 Å². The monoisotopic (exact) mass is 389 g/mol. The van der Waals surface area contributed by atoms with Gasteiger partial charge in [0.15, 0.2) is 0 Å². The van der Waals surface area contributed by atoms with Crippen molar-refractivity contribution in [2.45, 2.75) is 12.6 Å². The number of nitrogens with zero attached hydrogens (tertiary/aromatic N) is 3. The second kappa shape index (κ2) is 7.63. The minimum atomic E-state index is -0.825. The molecule has 7 heteroatoms. The Morgan fingerprint density at radius 1 is 1.00 bits per heavy atom. The van der Waals surface area contributed by atoms with Crippen LogP contribution in [0, 0.1) is 5.82 Å². The van der Waals surface area contributed by atoms with Crippen LogP contribution in [-0.4, -0.2) is 31.7 Å². The Labute approximate surface area is 166 Å². The molecule has 29 heavy (non-hydrogen) atoms. The van der Waals surface area contributed by atoms with Crippen LogP contribution in [0.4, 0.5) is 4.39 Å². The van der Waals surface area contributed by atoms with Crippen LogP contribution in [-0.2, 0) is 16.1 Å². The highest BCUT2D eigenvalue weighted by Gasteiger charge is 2.46. The highest BCUT2D eigenvalue weighted by Crippen LogP contribution is 2.39. The molecule has 2 aromatic heterocycles. The smallest absolute Gasteiger partial charge is 0.295 e. The fraction of sp³-hybridized carbons (Fsp3) is 0.0909. The lowest BCUT2D eigenvalue weighted by atomic mass is 9.96. The summed E-state index contributed by atoms with van der Waals surface area (Å²) < 4.78 is 13.3. The summed E-state index contributed by atoms with van der Waals surface area (Å²) in [6.07, 6.45) is 6.35. The first-order valence-corrected chi connectivity index (χ1v) is 8.89. The number of aliphatic hydroxyl groups is 1. The summed E-state index contributed by atoms with van der Waals surface area (Å²) >= 11 is 0. The third kappa shape index (κ3) is 3.50. The van der Waals surface area contributed by atoms with Gasteiger partial charge >= 0.3 is 0 Å². The molecule has 1 atom stereocenters. The van der Waals surface area contributed by atoms with Gasteiger partial charge in [-0.3, -0.25) is 19.6 Å². The van der Waals surface area contributed by atoms with Crippen molar-refractivity contribution < 1.29 is 19.1 Å². The molecule has 0 spiro atoms. The molecule has 1 amide bonds. The number of halogens is 1. The van der Waals surface area contributed by atoms with Gasteiger partial charge in [0.25, 0.3) is 11.7 Å². The number of hydrogen-bond donors (Lipinski definition) is 1. The quantitative estimate of drug-likeness (QED) is 0.421. The molecule has 3 aromatic rings. The molecule has 4 rings (SSSR count). The Morgan fingerprint density at radius 2 is 1.69 bits per heavy atom. The molecule has 144 valence electrons. The Kier molecular flexibility index (Phi) is 4.87. The van der Waals surface area contributed by atoms with Crippen molar-refractivity contribution in [3.63, 3.8) is 0 Å². The lowest BCUT2D eigenvalue weighted by molar-refractivity contribution is -0.140. The lowest BCUT2D eigenvalue weighted by Gasteiger charge is -2.25. The zero-order chi connectivity index (χ0) is 20.4. The van der Waals surface area contributed by atoms with E-state index in [1.54, 1.807) is 49.1 Å². The van der Waals surface area contributed by atoms with Gasteiger partial charge in [-0.1, -0.05) is 12.1 Å². The van der Waals surface area contributed by atoms with E-state index in [0.29, 0.717) is 5.56 Å². The molecule has 0 aliphatic carbocycles. The van der Waals surface area contributed by atoms with Gasteiger partial charge < -0.3 is 10.0 Å². The third-order valence-electron chi connectivity index (χ3n) is 4.73. The van der Waals surface area contributed by atoms with Crippen LogP contribution in [0.3, 0.4) is 0 Å². The van der Waals surface area contributed by atoms with E-state index in [-0.39, 0.29) is 23.4 Å². The number of Topliss-reactive ketones (excluding diaryl/α,β-unsaturated/α-hetero) is 1. The molecule has 1 fully saturated rings. The van der Waals surface area contributed by atoms with Gasteiger partial charge in [0.05, 0.1) is 11.6 Å². The summed E-state index contributed by atoms with van der Waals surface area (Å²) in [5, 5.41) is 10.8. The van der Waals surface area contributed by atoms with Crippen molar-refractivity contribution in [2.75, 3.05) is 0 Å². The second-order valence-electron chi connectivity index (χ2n) is 6.58. The molecule has 1 aliphatic rings. The van der Waals surface area contributed by atoms with E-state index in [2.05, 4.69) is 9.97 Å². The van der Waals surface area contributed by atoms with Gasteiger partial charge in [-0.05, 0) is 47.5 Å². The fourth-order valence-corrected chi connectivity index (χ4v) is 3.38. The number of carbonyl (C=O) groups is 2. The molecule has 3 heterocycles. The van der Waals surface area contributed by atoms with Gasteiger partial charge in [0, 0.05) is 36.9 Å². The number of hydrogen-bond acceptors (Lipinski definition) is 5. The first-order chi connectivity index (χ1) is 14.1. The number of rotatable bonds is 4. The summed E-state index contributed by atoms with van der Waals surface area (Å²) in [7, 11) is 0. The van der Waals surface area contributed by atoms with Crippen LogP contribution in [0.15, 0.2) is 78.9 Å². The maximum Gasteiger partial charge on any atom is 0.295 e. The van der Waals surface area contributed by atoms with E-state index < -0.39 is 23.5 Å². The van der Waals surface area contributed by atoms with Crippen LogP contribution < -0.4 is 0 Å². The zero-order valence-corrected chi connectivity index (χ0v) is 15.2. The fourth-order valence-electron chi connectivity index (χ4n) is 3.38. The van der Waals surface area contributed by atoms with Gasteiger partial charge in [0.2, 0.25) is 0 Å². The summed E-state index contributed by atoms with van der Waals surface area (Å²) in [5.74, 6) is -2.36. The number of benzene rings is 1. The van der Waals surface area contributed by atoms with E-state index in [4.69, 9.17) is 0 Å². The average Bonchev–Trinajstić information content (AvgIpc) is 3.00. The van der Waals surface area contributed by atoms with Crippen molar-refractivity contribution in [2.24, 2.45) is 0 Å². The maximum absolute atomic E-state index is 13.3. The molecule has 0 saturated carbocycles. The molecule has 0 radical (unpaired) electrons. The molecule has 0 unspecified atom stereocenters. The number of aromatic nitrogens is 2. The van der Waals surface area contributed by atoms with Crippen LogP contribution >= 0.6 is 0 Å². The van der Waals surface area contributed by atoms with Crippen LogP contribution in [0.2, 0.25) is 0 Å². The lowest BCUT2D eigenvalue weighted by Crippen LogP contribution is -2.29. The zero-order valence-electron chi connectivity index (χ0n) is 15.2. The maximum atomic E-state index is 13.3. The molecular weight excluding hydrogens is 373 g/mol. The van der Waals surface area contributed by atoms with Crippen LogP contribution in [0.5, 0.6) is 0 Å². The predicted octanol–water partition coefficient (Wildman–Crippen LogP) is 3.24. The number of pyridine rings is 2. The Hall–Kier alpha value is -3.87. The normalized spacial score (nSPS) is 18.2. The average molecular weight is 389 g/mol. The standard InChI is InChI=1S/C22H16FN3O3/c23-17-7-5-15(6-8-17)20(27)18-19(16-4-2-10-25-12-16)26(22(29)21(18)28)13-14-3-1-9-24-11-14/h1-12,19,27H,13H2/t19-/m0/s1. The first-order valence-electron chi connectivity index (χ1n) is 8.89. The Morgan fingerprint density at radius 3 is 2.31 bits per heavy atom. The first kappa shape index (κ1) is 18.5. The summed E-state index contributed by atoms with van der Waals surface area (Å²) in [6, 6.07) is 11.2. The van der Waals surface area contributed by atoms with Gasteiger partial charge in [-0.25, -0.2) is 4.39 Å². The minimum Gasteiger partial charge on any atom is -0.507 e. The van der Waals surface area contributed by atoms with Crippen molar-refractivity contribution in [1.29, 1.82) is 0 Å².